The third kappa shape index (κ3) is 3.59. The Bertz CT molecular complexity index is 296. The van der Waals surface area contributed by atoms with Crippen LogP contribution < -0.4 is 5.73 Å². The molecule has 18 heavy (non-hydrogen) atoms. The summed E-state index contributed by atoms with van der Waals surface area (Å²) in [5.41, 5.74) is 6.06. The van der Waals surface area contributed by atoms with E-state index in [1.165, 1.54) is 0 Å². The van der Waals surface area contributed by atoms with Crippen molar-refractivity contribution in [2.45, 2.75) is 26.4 Å². The van der Waals surface area contributed by atoms with Crippen molar-refractivity contribution in [3.8, 4) is 0 Å². The van der Waals surface area contributed by atoms with Gasteiger partial charge >= 0.3 is 0 Å². The molecule has 0 aromatic rings. The van der Waals surface area contributed by atoms with Crippen LogP contribution >= 0.6 is 0 Å². The molecule has 5 nitrogen and oxygen atoms in total. The molecule has 0 bridgehead atoms. The SMILES string of the molecule is CC1CN(C(N)=NCC2CCOCC2C)CCO1. The maximum Gasteiger partial charge on any atom is 0.191 e. The molecule has 0 amide bonds. The standard InChI is InChI=1S/C13H25N3O2/c1-10-9-17-5-3-12(10)7-15-13(14)16-4-6-18-11(2)8-16/h10-12H,3-9H2,1-2H3,(H2,14,15). The summed E-state index contributed by atoms with van der Waals surface area (Å²) in [5, 5.41) is 0. The lowest BCUT2D eigenvalue weighted by molar-refractivity contribution is 0.00499. The first-order valence-corrected chi connectivity index (χ1v) is 6.91. The van der Waals surface area contributed by atoms with Crippen LogP contribution in [0.4, 0.5) is 0 Å². The van der Waals surface area contributed by atoms with E-state index in [4.69, 9.17) is 15.2 Å². The third-order valence-corrected chi connectivity index (χ3v) is 3.87. The normalized spacial score (nSPS) is 34.7. The van der Waals surface area contributed by atoms with Crippen LogP contribution in [0, 0.1) is 11.8 Å². The zero-order valence-corrected chi connectivity index (χ0v) is 11.5. The summed E-state index contributed by atoms with van der Waals surface area (Å²) in [6, 6.07) is 0. The van der Waals surface area contributed by atoms with Gasteiger partial charge in [-0.3, -0.25) is 4.99 Å². The van der Waals surface area contributed by atoms with Crippen LogP contribution in [0.5, 0.6) is 0 Å². The van der Waals surface area contributed by atoms with Crippen LogP contribution in [0.25, 0.3) is 0 Å². The Hall–Kier alpha value is -0.810. The average molecular weight is 255 g/mol. The van der Waals surface area contributed by atoms with Crippen molar-refractivity contribution in [3.05, 3.63) is 0 Å². The third-order valence-electron chi connectivity index (χ3n) is 3.87. The Labute approximate surface area is 109 Å². The number of morpholine rings is 1. The highest BCUT2D eigenvalue weighted by atomic mass is 16.5. The Morgan fingerprint density at radius 2 is 2.22 bits per heavy atom. The Morgan fingerprint density at radius 1 is 1.39 bits per heavy atom. The molecule has 2 rings (SSSR count). The number of hydrogen-bond acceptors (Lipinski definition) is 3. The predicted molar refractivity (Wildman–Crippen MR) is 71.6 cm³/mol. The van der Waals surface area contributed by atoms with Gasteiger partial charge in [-0.15, -0.1) is 0 Å². The summed E-state index contributed by atoms with van der Waals surface area (Å²) >= 11 is 0. The van der Waals surface area contributed by atoms with Gasteiger partial charge in [-0.05, 0) is 25.2 Å². The van der Waals surface area contributed by atoms with E-state index < -0.39 is 0 Å². The monoisotopic (exact) mass is 255 g/mol. The Morgan fingerprint density at radius 3 is 2.94 bits per heavy atom. The highest BCUT2D eigenvalue weighted by molar-refractivity contribution is 5.78. The van der Waals surface area contributed by atoms with E-state index in [0.29, 0.717) is 17.8 Å². The topological polar surface area (TPSA) is 60.1 Å². The molecule has 3 atom stereocenters. The predicted octanol–water partition coefficient (Wildman–Crippen LogP) is 0.694. The van der Waals surface area contributed by atoms with Crippen molar-refractivity contribution in [2.75, 3.05) is 39.5 Å². The molecule has 0 spiro atoms. The van der Waals surface area contributed by atoms with Crippen LogP contribution in [-0.2, 0) is 9.47 Å². The molecule has 0 aromatic carbocycles. The Balaban J connectivity index is 1.83. The smallest absolute Gasteiger partial charge is 0.191 e. The second-order valence-corrected chi connectivity index (χ2v) is 5.43. The van der Waals surface area contributed by atoms with Gasteiger partial charge in [0.2, 0.25) is 0 Å². The number of nitrogens with zero attached hydrogens (tertiary/aromatic N) is 2. The molecule has 0 radical (unpaired) electrons. The van der Waals surface area contributed by atoms with E-state index in [9.17, 15) is 0 Å². The molecule has 2 N–H and O–H groups in total. The van der Waals surface area contributed by atoms with Crippen LogP contribution in [0.2, 0.25) is 0 Å². The zero-order chi connectivity index (χ0) is 13.0. The van der Waals surface area contributed by atoms with Crippen LogP contribution in [0.15, 0.2) is 4.99 Å². The summed E-state index contributed by atoms with van der Waals surface area (Å²) in [6.45, 7) is 9.27. The first-order chi connectivity index (χ1) is 8.66. The Kier molecular flexibility index (Phi) is 4.83. The van der Waals surface area contributed by atoms with Gasteiger partial charge < -0.3 is 20.1 Å². The lowest BCUT2D eigenvalue weighted by Crippen LogP contribution is -2.48. The molecule has 2 heterocycles. The number of aliphatic imine (C=N–C) groups is 1. The molecule has 2 aliphatic rings. The van der Waals surface area contributed by atoms with Gasteiger partial charge in [0.15, 0.2) is 5.96 Å². The highest BCUT2D eigenvalue weighted by Gasteiger charge is 2.22. The maximum atomic E-state index is 6.06. The molecule has 0 saturated carbocycles. The number of ether oxygens (including phenoxy) is 2. The minimum absolute atomic E-state index is 0.245. The maximum absolute atomic E-state index is 6.06. The number of nitrogens with two attached hydrogens (primary N) is 1. The lowest BCUT2D eigenvalue weighted by atomic mass is 9.90. The number of guanidine groups is 1. The van der Waals surface area contributed by atoms with E-state index in [-0.39, 0.29) is 6.10 Å². The van der Waals surface area contributed by atoms with Crippen molar-refractivity contribution in [2.24, 2.45) is 22.6 Å². The fourth-order valence-corrected chi connectivity index (χ4v) is 2.53. The fourth-order valence-electron chi connectivity index (χ4n) is 2.53. The van der Waals surface area contributed by atoms with Crippen LogP contribution in [0.3, 0.4) is 0 Å². The summed E-state index contributed by atoms with van der Waals surface area (Å²) in [4.78, 5) is 6.69. The first kappa shape index (κ1) is 13.6. The van der Waals surface area contributed by atoms with Gasteiger partial charge in [-0.25, -0.2) is 0 Å². The summed E-state index contributed by atoms with van der Waals surface area (Å²) < 4.78 is 10.9. The van der Waals surface area contributed by atoms with Crippen molar-refractivity contribution >= 4 is 5.96 Å². The summed E-state index contributed by atoms with van der Waals surface area (Å²) in [6.07, 6.45) is 1.34. The number of hydrogen-bond donors (Lipinski definition) is 1. The second kappa shape index (κ2) is 6.38. The largest absolute Gasteiger partial charge is 0.381 e. The van der Waals surface area contributed by atoms with Crippen LogP contribution in [0.1, 0.15) is 20.3 Å². The van der Waals surface area contributed by atoms with E-state index in [1.54, 1.807) is 0 Å². The van der Waals surface area contributed by atoms with Gasteiger partial charge in [0.25, 0.3) is 0 Å². The van der Waals surface area contributed by atoms with Gasteiger partial charge in [0.1, 0.15) is 0 Å². The molecule has 3 unspecified atom stereocenters. The van der Waals surface area contributed by atoms with E-state index in [0.717, 1.165) is 45.9 Å². The molecule has 104 valence electrons. The molecule has 0 aromatic heterocycles. The van der Waals surface area contributed by atoms with Gasteiger partial charge in [-0.1, -0.05) is 6.92 Å². The fraction of sp³-hybridized carbons (Fsp3) is 0.923. The van der Waals surface area contributed by atoms with Crippen molar-refractivity contribution < 1.29 is 9.47 Å². The molecule has 2 saturated heterocycles. The van der Waals surface area contributed by atoms with E-state index >= 15 is 0 Å². The van der Waals surface area contributed by atoms with E-state index in [1.807, 2.05) is 0 Å². The highest BCUT2D eigenvalue weighted by Crippen LogP contribution is 2.21. The van der Waals surface area contributed by atoms with Crippen molar-refractivity contribution in [1.82, 2.24) is 4.90 Å². The van der Waals surface area contributed by atoms with Crippen LogP contribution in [-0.4, -0.2) is 56.4 Å². The summed E-state index contributed by atoms with van der Waals surface area (Å²) in [7, 11) is 0. The van der Waals surface area contributed by atoms with Gasteiger partial charge in [-0.2, -0.15) is 0 Å². The number of rotatable bonds is 2. The van der Waals surface area contributed by atoms with Gasteiger partial charge in [0, 0.05) is 32.8 Å². The summed E-state index contributed by atoms with van der Waals surface area (Å²) in [5.74, 6) is 1.86. The lowest BCUT2D eigenvalue weighted by Gasteiger charge is -2.32. The van der Waals surface area contributed by atoms with Crippen molar-refractivity contribution in [3.63, 3.8) is 0 Å². The molecule has 2 aliphatic heterocycles. The zero-order valence-electron chi connectivity index (χ0n) is 11.5. The van der Waals surface area contributed by atoms with Gasteiger partial charge in [0.05, 0.1) is 12.7 Å². The molecule has 5 heteroatoms. The molecular formula is C13H25N3O2. The minimum Gasteiger partial charge on any atom is -0.381 e. The molecular weight excluding hydrogens is 230 g/mol. The van der Waals surface area contributed by atoms with Crippen molar-refractivity contribution in [1.29, 1.82) is 0 Å². The quantitative estimate of drug-likeness (QED) is 0.583. The second-order valence-electron chi connectivity index (χ2n) is 5.43. The molecule has 0 aliphatic carbocycles. The first-order valence-electron chi connectivity index (χ1n) is 6.91. The molecule has 2 fully saturated rings. The average Bonchev–Trinajstić information content (AvgIpc) is 2.37. The minimum atomic E-state index is 0.245. The van der Waals surface area contributed by atoms with E-state index in [2.05, 4.69) is 23.7 Å².